The Hall–Kier alpha value is -2.48. The maximum absolute atomic E-state index is 14.1. The summed E-state index contributed by atoms with van der Waals surface area (Å²) in [4.78, 5) is 39.5. The zero-order valence-electron chi connectivity index (χ0n) is 18.1. The highest BCUT2D eigenvalue weighted by Gasteiger charge is 2.38. The summed E-state index contributed by atoms with van der Waals surface area (Å²) in [5.74, 6) is -1.15. The Balaban J connectivity index is 1.68. The first-order valence-electron chi connectivity index (χ1n) is 11.1. The fourth-order valence-electron chi connectivity index (χ4n) is 4.60. The van der Waals surface area contributed by atoms with Crippen molar-refractivity contribution in [2.24, 2.45) is 0 Å². The van der Waals surface area contributed by atoms with Crippen LogP contribution in [0.3, 0.4) is 0 Å². The summed E-state index contributed by atoms with van der Waals surface area (Å²) < 4.78 is 19.2. The minimum atomic E-state index is -0.684. The molecular weight excluding hydrogens is 401 g/mol. The van der Waals surface area contributed by atoms with Gasteiger partial charge in [0.05, 0.1) is 31.0 Å². The van der Waals surface area contributed by atoms with Crippen molar-refractivity contribution in [2.75, 3.05) is 19.7 Å². The number of esters is 1. The maximum atomic E-state index is 14.1. The van der Waals surface area contributed by atoms with Gasteiger partial charge in [-0.3, -0.25) is 19.3 Å². The van der Waals surface area contributed by atoms with Crippen molar-refractivity contribution in [3.8, 4) is 0 Å². The van der Waals surface area contributed by atoms with Crippen molar-refractivity contribution >= 4 is 17.8 Å². The molecule has 2 fully saturated rings. The van der Waals surface area contributed by atoms with E-state index in [2.05, 4.69) is 10.6 Å². The largest absolute Gasteiger partial charge is 0.466 e. The van der Waals surface area contributed by atoms with E-state index in [1.807, 2.05) is 4.90 Å². The molecule has 0 bridgehead atoms. The van der Waals surface area contributed by atoms with Gasteiger partial charge in [-0.2, -0.15) is 0 Å². The van der Waals surface area contributed by atoms with Crippen molar-refractivity contribution in [2.45, 2.75) is 70.0 Å². The third-order valence-corrected chi connectivity index (χ3v) is 6.15. The molecule has 7 nitrogen and oxygen atoms in total. The SMILES string of the molecule is CCOC(=O)CC1(NC(=O)C[C@H]2C(=O)NCCN2Cc2ccccc2F)CCCCC1. The van der Waals surface area contributed by atoms with Crippen LogP contribution in [0.1, 0.15) is 57.4 Å². The molecule has 0 unspecified atom stereocenters. The van der Waals surface area contributed by atoms with E-state index >= 15 is 0 Å². The van der Waals surface area contributed by atoms with Crippen LogP contribution < -0.4 is 10.6 Å². The van der Waals surface area contributed by atoms with Crippen LogP contribution >= 0.6 is 0 Å². The van der Waals surface area contributed by atoms with E-state index in [1.54, 1.807) is 25.1 Å². The lowest BCUT2D eigenvalue weighted by Crippen LogP contribution is -2.58. The fraction of sp³-hybridized carbons (Fsp3) is 0.609. The fourth-order valence-corrected chi connectivity index (χ4v) is 4.60. The lowest BCUT2D eigenvalue weighted by molar-refractivity contribution is -0.146. The van der Waals surface area contributed by atoms with Crippen LogP contribution in [0.25, 0.3) is 0 Å². The van der Waals surface area contributed by atoms with E-state index in [-0.39, 0.29) is 43.0 Å². The molecule has 2 amide bonds. The van der Waals surface area contributed by atoms with Gasteiger partial charge in [0.15, 0.2) is 0 Å². The summed E-state index contributed by atoms with van der Waals surface area (Å²) in [5.41, 5.74) is -0.128. The number of ether oxygens (including phenoxy) is 1. The predicted molar refractivity (Wildman–Crippen MR) is 113 cm³/mol. The average Bonchev–Trinajstić information content (AvgIpc) is 2.73. The van der Waals surface area contributed by atoms with Crippen molar-refractivity contribution in [1.29, 1.82) is 0 Å². The summed E-state index contributed by atoms with van der Waals surface area (Å²) in [6.45, 7) is 3.31. The zero-order valence-corrected chi connectivity index (χ0v) is 18.1. The Bertz CT molecular complexity index is 795. The summed E-state index contributed by atoms with van der Waals surface area (Å²) in [7, 11) is 0. The van der Waals surface area contributed by atoms with E-state index < -0.39 is 11.6 Å². The van der Waals surface area contributed by atoms with Gasteiger partial charge >= 0.3 is 5.97 Å². The van der Waals surface area contributed by atoms with Crippen LogP contribution in [-0.2, 0) is 25.7 Å². The number of nitrogens with one attached hydrogen (secondary N) is 2. The predicted octanol–water partition coefficient (Wildman–Crippen LogP) is 2.29. The highest BCUT2D eigenvalue weighted by Crippen LogP contribution is 2.32. The van der Waals surface area contributed by atoms with Gasteiger partial charge in [-0.05, 0) is 25.8 Å². The first kappa shape index (κ1) is 23.2. The maximum Gasteiger partial charge on any atom is 0.308 e. The van der Waals surface area contributed by atoms with Gasteiger partial charge in [0.25, 0.3) is 0 Å². The average molecular weight is 434 g/mol. The van der Waals surface area contributed by atoms with Gasteiger partial charge in [0, 0.05) is 25.2 Å². The Morgan fingerprint density at radius 1 is 1.26 bits per heavy atom. The quantitative estimate of drug-likeness (QED) is 0.614. The molecule has 0 spiro atoms. The third-order valence-electron chi connectivity index (χ3n) is 6.15. The van der Waals surface area contributed by atoms with Crippen LogP contribution in [0.15, 0.2) is 24.3 Å². The van der Waals surface area contributed by atoms with E-state index in [1.165, 1.54) is 6.07 Å². The molecule has 1 heterocycles. The second kappa shape index (κ2) is 10.7. The van der Waals surface area contributed by atoms with Gasteiger partial charge in [0.1, 0.15) is 5.82 Å². The van der Waals surface area contributed by atoms with Crippen LogP contribution in [0.5, 0.6) is 0 Å². The first-order valence-corrected chi connectivity index (χ1v) is 11.1. The summed E-state index contributed by atoms with van der Waals surface area (Å²) >= 11 is 0. The Labute approximate surface area is 182 Å². The highest BCUT2D eigenvalue weighted by molar-refractivity contribution is 5.89. The molecule has 1 aliphatic carbocycles. The van der Waals surface area contributed by atoms with Gasteiger partial charge in [-0.25, -0.2) is 4.39 Å². The number of nitrogens with zero attached hydrogens (tertiary/aromatic N) is 1. The van der Waals surface area contributed by atoms with Crippen molar-refractivity contribution in [1.82, 2.24) is 15.5 Å². The molecule has 170 valence electrons. The van der Waals surface area contributed by atoms with Crippen molar-refractivity contribution < 1.29 is 23.5 Å². The molecule has 1 saturated carbocycles. The Morgan fingerprint density at radius 3 is 2.71 bits per heavy atom. The second-order valence-electron chi connectivity index (χ2n) is 8.44. The van der Waals surface area contributed by atoms with Crippen LogP contribution in [-0.4, -0.2) is 54.0 Å². The molecule has 2 N–H and O–H groups in total. The monoisotopic (exact) mass is 433 g/mol. The normalized spacial score (nSPS) is 21.2. The van der Waals surface area contributed by atoms with E-state index in [4.69, 9.17) is 4.74 Å². The summed E-state index contributed by atoms with van der Waals surface area (Å²) in [6, 6.07) is 5.78. The van der Waals surface area contributed by atoms with Gasteiger partial charge in [-0.1, -0.05) is 37.5 Å². The second-order valence-corrected chi connectivity index (χ2v) is 8.44. The highest BCUT2D eigenvalue weighted by atomic mass is 19.1. The number of rotatable bonds is 8. The number of hydrogen-bond donors (Lipinski definition) is 2. The lowest BCUT2D eigenvalue weighted by Gasteiger charge is -2.39. The van der Waals surface area contributed by atoms with Gasteiger partial charge in [0.2, 0.25) is 11.8 Å². The summed E-state index contributed by atoms with van der Waals surface area (Å²) in [5, 5.41) is 5.87. The molecule has 8 heteroatoms. The molecule has 1 aromatic carbocycles. The number of piperazine rings is 1. The Kier molecular flexibility index (Phi) is 8.01. The third kappa shape index (κ3) is 6.26. The molecule has 0 aromatic heterocycles. The number of carbonyl (C=O) groups excluding carboxylic acids is 3. The smallest absolute Gasteiger partial charge is 0.308 e. The van der Waals surface area contributed by atoms with Crippen molar-refractivity contribution in [3.05, 3.63) is 35.6 Å². The molecule has 31 heavy (non-hydrogen) atoms. The van der Waals surface area contributed by atoms with Gasteiger partial charge < -0.3 is 15.4 Å². The number of amides is 2. The topological polar surface area (TPSA) is 87.7 Å². The standard InChI is InChI=1S/C23H32FN3O4/c1-2-31-21(29)15-23(10-6-3-7-11-23)26-20(28)14-19-22(30)25-12-13-27(19)16-17-8-4-5-9-18(17)24/h4-5,8-9,19H,2-3,6-7,10-16H2,1H3,(H,25,30)(H,26,28)/t19-/m0/s1. The molecule has 1 saturated heterocycles. The number of halogens is 1. The minimum absolute atomic E-state index is 0.0368. The number of hydrogen-bond acceptors (Lipinski definition) is 5. The molecular formula is C23H32FN3O4. The Morgan fingerprint density at radius 2 is 2.00 bits per heavy atom. The lowest BCUT2D eigenvalue weighted by atomic mass is 9.79. The van der Waals surface area contributed by atoms with Crippen LogP contribution in [0.4, 0.5) is 4.39 Å². The van der Waals surface area contributed by atoms with E-state index in [9.17, 15) is 18.8 Å². The van der Waals surface area contributed by atoms with Crippen LogP contribution in [0.2, 0.25) is 0 Å². The molecule has 3 rings (SSSR count). The van der Waals surface area contributed by atoms with E-state index in [0.717, 1.165) is 19.3 Å². The molecule has 1 aliphatic heterocycles. The van der Waals surface area contributed by atoms with Gasteiger partial charge in [-0.15, -0.1) is 0 Å². The molecule has 0 radical (unpaired) electrons. The van der Waals surface area contributed by atoms with Crippen LogP contribution in [0, 0.1) is 5.82 Å². The zero-order chi connectivity index (χ0) is 22.3. The number of benzene rings is 1. The summed E-state index contributed by atoms with van der Waals surface area (Å²) in [6.07, 6.45) is 4.47. The van der Waals surface area contributed by atoms with E-state index in [0.29, 0.717) is 38.1 Å². The molecule has 1 aromatic rings. The number of carbonyl (C=O) groups is 3. The molecule has 2 aliphatic rings. The minimum Gasteiger partial charge on any atom is -0.466 e. The van der Waals surface area contributed by atoms with Crippen molar-refractivity contribution in [3.63, 3.8) is 0 Å². The molecule has 1 atom stereocenters. The first-order chi connectivity index (χ1) is 14.9.